The van der Waals surface area contributed by atoms with Gasteiger partial charge in [0.25, 0.3) is 0 Å². The van der Waals surface area contributed by atoms with Crippen molar-refractivity contribution in [2.45, 2.75) is 32.8 Å². The molecule has 0 spiro atoms. The summed E-state index contributed by atoms with van der Waals surface area (Å²) in [6.45, 7) is 5.35. The van der Waals surface area contributed by atoms with Gasteiger partial charge in [-0.15, -0.1) is 0 Å². The fraction of sp³-hybridized carbons (Fsp3) is 0.462. The van der Waals surface area contributed by atoms with Crippen LogP contribution < -0.4 is 5.32 Å². The van der Waals surface area contributed by atoms with Crippen LogP contribution in [0.25, 0.3) is 0 Å². The number of carbonyl (C=O) groups is 2. The number of ether oxygens (including phenoxy) is 2. The highest BCUT2D eigenvalue weighted by molar-refractivity contribution is 5.84. The first kappa shape index (κ1) is 14.9. The second-order valence-electron chi connectivity index (χ2n) is 4.92. The molecule has 1 amide bonds. The minimum atomic E-state index is -0.553. The number of pyridine rings is 1. The van der Waals surface area contributed by atoms with Crippen LogP contribution in [0.2, 0.25) is 0 Å². The third kappa shape index (κ3) is 5.85. The zero-order valence-corrected chi connectivity index (χ0v) is 11.5. The molecule has 1 aromatic heterocycles. The van der Waals surface area contributed by atoms with Gasteiger partial charge < -0.3 is 9.47 Å². The lowest BCUT2D eigenvalue weighted by atomic mass is 10.2. The molecule has 0 aromatic carbocycles. The number of nitrogens with one attached hydrogen (secondary N) is 1. The summed E-state index contributed by atoms with van der Waals surface area (Å²) in [5.41, 5.74) is 0.520. The lowest BCUT2D eigenvalue weighted by Gasteiger charge is -2.19. The molecular weight excluding hydrogens is 248 g/mol. The second-order valence-corrected chi connectivity index (χ2v) is 4.92. The van der Waals surface area contributed by atoms with E-state index in [1.165, 1.54) is 13.3 Å². The molecule has 6 nitrogen and oxygen atoms in total. The van der Waals surface area contributed by atoms with Crippen molar-refractivity contribution in [3.63, 3.8) is 0 Å². The van der Waals surface area contributed by atoms with Crippen molar-refractivity contribution < 1.29 is 19.1 Å². The number of amides is 1. The average Bonchev–Trinajstić information content (AvgIpc) is 2.29. The summed E-state index contributed by atoms with van der Waals surface area (Å²) in [5, 5.41) is 2.55. The molecule has 0 atom stereocenters. The predicted molar refractivity (Wildman–Crippen MR) is 69.8 cm³/mol. The van der Waals surface area contributed by atoms with Gasteiger partial charge in [-0.2, -0.15) is 0 Å². The van der Waals surface area contributed by atoms with Crippen molar-refractivity contribution in [3.8, 4) is 0 Å². The van der Waals surface area contributed by atoms with Gasteiger partial charge in [-0.25, -0.2) is 4.79 Å². The first-order valence-corrected chi connectivity index (χ1v) is 5.82. The Morgan fingerprint density at radius 2 is 2.00 bits per heavy atom. The lowest BCUT2D eigenvalue weighted by molar-refractivity contribution is -0.139. The fourth-order valence-electron chi connectivity index (χ4n) is 1.24. The SMILES string of the molecule is COC(=O)Cc1ccc(NC(=O)OC(C)(C)C)cn1. The molecule has 1 rings (SSSR count). The van der Waals surface area contributed by atoms with E-state index in [4.69, 9.17) is 4.74 Å². The van der Waals surface area contributed by atoms with E-state index in [9.17, 15) is 9.59 Å². The van der Waals surface area contributed by atoms with E-state index in [0.717, 1.165) is 0 Å². The van der Waals surface area contributed by atoms with Crippen LogP contribution in [0.1, 0.15) is 26.5 Å². The topological polar surface area (TPSA) is 77.5 Å². The Kier molecular flexibility index (Phi) is 4.86. The Labute approximate surface area is 112 Å². The van der Waals surface area contributed by atoms with Crippen LogP contribution in [0.3, 0.4) is 0 Å². The molecule has 0 bridgehead atoms. The molecule has 0 aliphatic rings. The highest BCUT2D eigenvalue weighted by Crippen LogP contribution is 2.11. The summed E-state index contributed by atoms with van der Waals surface area (Å²) in [6, 6.07) is 3.29. The number of hydrogen-bond donors (Lipinski definition) is 1. The molecule has 104 valence electrons. The normalized spacial score (nSPS) is 10.7. The number of aromatic nitrogens is 1. The van der Waals surface area contributed by atoms with Crippen LogP contribution in [0.15, 0.2) is 18.3 Å². The van der Waals surface area contributed by atoms with Crippen molar-refractivity contribution in [2.75, 3.05) is 12.4 Å². The number of nitrogens with zero attached hydrogens (tertiary/aromatic N) is 1. The third-order valence-electron chi connectivity index (χ3n) is 2.02. The van der Waals surface area contributed by atoms with Crippen LogP contribution in [0, 0.1) is 0 Å². The zero-order chi connectivity index (χ0) is 14.5. The van der Waals surface area contributed by atoms with Crippen LogP contribution in [-0.2, 0) is 20.7 Å². The molecule has 0 unspecified atom stereocenters. The molecule has 1 heterocycles. The Morgan fingerprint density at radius 1 is 1.32 bits per heavy atom. The van der Waals surface area contributed by atoms with Gasteiger partial charge in [0, 0.05) is 0 Å². The van der Waals surface area contributed by atoms with Gasteiger partial charge >= 0.3 is 12.1 Å². The summed E-state index contributed by atoms with van der Waals surface area (Å²) in [5.74, 6) is -0.361. The molecule has 0 aliphatic heterocycles. The van der Waals surface area contributed by atoms with Crippen LogP contribution >= 0.6 is 0 Å². The highest BCUT2D eigenvalue weighted by atomic mass is 16.6. The predicted octanol–water partition coefficient (Wildman–Crippen LogP) is 2.14. The monoisotopic (exact) mass is 266 g/mol. The minimum absolute atomic E-state index is 0.100. The van der Waals surface area contributed by atoms with E-state index in [0.29, 0.717) is 11.4 Å². The molecule has 0 saturated heterocycles. The van der Waals surface area contributed by atoms with E-state index in [2.05, 4.69) is 15.0 Å². The Morgan fingerprint density at radius 3 is 2.47 bits per heavy atom. The minimum Gasteiger partial charge on any atom is -0.469 e. The molecule has 1 aromatic rings. The Bertz CT molecular complexity index is 449. The first-order chi connectivity index (χ1) is 8.80. The maximum Gasteiger partial charge on any atom is 0.412 e. The molecule has 0 saturated carbocycles. The van der Waals surface area contributed by atoms with Crippen molar-refractivity contribution >= 4 is 17.7 Å². The quantitative estimate of drug-likeness (QED) is 0.848. The van der Waals surface area contributed by atoms with E-state index < -0.39 is 11.7 Å². The Hall–Kier alpha value is -2.11. The first-order valence-electron chi connectivity index (χ1n) is 5.82. The highest BCUT2D eigenvalue weighted by Gasteiger charge is 2.16. The van der Waals surface area contributed by atoms with Gasteiger partial charge in [0.05, 0.1) is 31.1 Å². The van der Waals surface area contributed by atoms with Crippen LogP contribution in [0.5, 0.6) is 0 Å². The number of rotatable bonds is 3. The van der Waals surface area contributed by atoms with Crippen molar-refractivity contribution in [2.24, 2.45) is 0 Å². The number of methoxy groups -OCH3 is 1. The maximum absolute atomic E-state index is 11.5. The molecule has 19 heavy (non-hydrogen) atoms. The van der Waals surface area contributed by atoms with Gasteiger partial charge in [0.2, 0.25) is 0 Å². The zero-order valence-electron chi connectivity index (χ0n) is 11.5. The number of anilines is 1. The molecule has 1 N–H and O–H groups in total. The average molecular weight is 266 g/mol. The van der Waals surface area contributed by atoms with Gasteiger partial charge in [-0.05, 0) is 32.9 Å². The van der Waals surface area contributed by atoms with Gasteiger partial charge in [-0.3, -0.25) is 15.1 Å². The summed E-state index contributed by atoms with van der Waals surface area (Å²) < 4.78 is 9.64. The number of esters is 1. The van der Waals surface area contributed by atoms with Gasteiger partial charge in [-0.1, -0.05) is 0 Å². The standard InChI is InChI=1S/C13H18N2O4/c1-13(2,3)19-12(17)15-10-6-5-9(14-8-10)7-11(16)18-4/h5-6,8H,7H2,1-4H3,(H,15,17). The largest absolute Gasteiger partial charge is 0.469 e. The second kappa shape index (κ2) is 6.17. The van der Waals surface area contributed by atoms with Crippen molar-refractivity contribution in [1.82, 2.24) is 4.98 Å². The summed E-state index contributed by atoms with van der Waals surface area (Å²) >= 11 is 0. The van der Waals surface area contributed by atoms with E-state index >= 15 is 0 Å². The van der Waals surface area contributed by atoms with E-state index in [1.807, 2.05) is 0 Å². The molecule has 0 radical (unpaired) electrons. The summed E-state index contributed by atoms with van der Waals surface area (Å²) in [7, 11) is 1.32. The van der Waals surface area contributed by atoms with Crippen LogP contribution in [-0.4, -0.2) is 29.8 Å². The third-order valence-corrected chi connectivity index (χ3v) is 2.02. The summed E-state index contributed by atoms with van der Waals surface area (Å²) in [6.07, 6.45) is 1.01. The van der Waals surface area contributed by atoms with E-state index in [-0.39, 0.29) is 12.4 Å². The lowest BCUT2D eigenvalue weighted by Crippen LogP contribution is -2.27. The smallest absolute Gasteiger partial charge is 0.412 e. The molecule has 0 fully saturated rings. The van der Waals surface area contributed by atoms with Gasteiger partial charge in [0.1, 0.15) is 5.60 Å². The van der Waals surface area contributed by atoms with Crippen molar-refractivity contribution in [1.29, 1.82) is 0 Å². The molecule has 0 aliphatic carbocycles. The van der Waals surface area contributed by atoms with Crippen LogP contribution in [0.4, 0.5) is 10.5 Å². The van der Waals surface area contributed by atoms with Crippen molar-refractivity contribution in [3.05, 3.63) is 24.0 Å². The number of carbonyl (C=O) groups excluding carboxylic acids is 2. The summed E-state index contributed by atoms with van der Waals surface area (Å²) in [4.78, 5) is 26.6. The maximum atomic E-state index is 11.5. The molecule has 6 heteroatoms. The van der Waals surface area contributed by atoms with Gasteiger partial charge in [0.15, 0.2) is 0 Å². The van der Waals surface area contributed by atoms with E-state index in [1.54, 1.807) is 32.9 Å². The fourth-order valence-corrected chi connectivity index (χ4v) is 1.24. The molecular formula is C13H18N2O4. The number of hydrogen-bond acceptors (Lipinski definition) is 5. The Balaban J connectivity index is 2.57.